The molecule has 0 saturated heterocycles. The van der Waals surface area contributed by atoms with Gasteiger partial charge in [-0.15, -0.1) is 11.6 Å². The summed E-state index contributed by atoms with van der Waals surface area (Å²) in [6.45, 7) is 2.15. The van der Waals surface area contributed by atoms with E-state index in [0.717, 1.165) is 0 Å². The van der Waals surface area contributed by atoms with Crippen LogP contribution < -0.4 is 0 Å². The number of hydrogen-bond donors (Lipinski definition) is 0. The number of fused-ring (bicyclic) bond motifs is 1. The van der Waals surface area contributed by atoms with Crippen LogP contribution in [0, 0.1) is 5.82 Å². The highest BCUT2D eigenvalue weighted by Crippen LogP contribution is 2.25. The Balaban J connectivity index is 2.18. The van der Waals surface area contributed by atoms with E-state index in [1.54, 1.807) is 10.6 Å². The third kappa shape index (κ3) is 2.19. The van der Waals surface area contributed by atoms with Crippen LogP contribution in [0.2, 0.25) is 0 Å². The summed E-state index contributed by atoms with van der Waals surface area (Å²) < 4.78 is 19.9. The second-order valence-electron chi connectivity index (χ2n) is 4.15. The van der Waals surface area contributed by atoms with E-state index >= 15 is 0 Å². The molecule has 0 radical (unpaired) electrons. The highest BCUT2D eigenvalue weighted by atomic mass is 35.5. The molecule has 0 aliphatic heterocycles. The maximum Gasteiger partial charge on any atom is 0.213 e. The normalized spacial score (nSPS) is 13.0. The maximum atomic E-state index is 13.4. The molecule has 0 N–H and O–H groups in total. The molecule has 98 valence electrons. The Bertz CT molecular complexity index is 708. The van der Waals surface area contributed by atoms with E-state index in [4.69, 9.17) is 16.1 Å². The molecular weight excluding hydrogens is 271 g/mol. The van der Waals surface area contributed by atoms with Crippen molar-refractivity contribution in [1.82, 2.24) is 19.7 Å². The fourth-order valence-corrected chi connectivity index (χ4v) is 2.15. The molecule has 5 nitrogen and oxygen atoms in total. The van der Waals surface area contributed by atoms with Crippen LogP contribution in [-0.2, 0) is 6.54 Å². The third-order valence-electron chi connectivity index (χ3n) is 2.80. The van der Waals surface area contributed by atoms with E-state index in [2.05, 4.69) is 15.1 Å². The van der Waals surface area contributed by atoms with E-state index < -0.39 is 0 Å². The molecule has 0 fully saturated rings. The standard InChI is InChI=1S/C12H10ClFN4O/c1-7(13)12-16-9-3-2-8(14)4-10(9)18(12)5-11-15-6-19-17-11/h2-4,6-7H,5H2,1H3. The van der Waals surface area contributed by atoms with Crippen LogP contribution in [0.5, 0.6) is 0 Å². The Kier molecular flexibility index (Phi) is 2.94. The van der Waals surface area contributed by atoms with Gasteiger partial charge in [-0.05, 0) is 25.1 Å². The largest absolute Gasteiger partial charge is 0.343 e. The predicted octanol–water partition coefficient (Wildman–Crippen LogP) is 2.91. The van der Waals surface area contributed by atoms with E-state index in [9.17, 15) is 4.39 Å². The van der Waals surface area contributed by atoms with Gasteiger partial charge in [-0.25, -0.2) is 9.37 Å². The molecule has 1 unspecified atom stereocenters. The predicted molar refractivity (Wildman–Crippen MR) is 67.4 cm³/mol. The van der Waals surface area contributed by atoms with Crippen molar-refractivity contribution >= 4 is 22.6 Å². The second kappa shape index (κ2) is 4.62. The number of imidazole rings is 1. The molecule has 3 aromatic rings. The first kappa shape index (κ1) is 12.1. The van der Waals surface area contributed by atoms with E-state index in [1.165, 1.54) is 18.5 Å². The van der Waals surface area contributed by atoms with Crippen molar-refractivity contribution in [3.63, 3.8) is 0 Å². The van der Waals surface area contributed by atoms with Gasteiger partial charge in [-0.3, -0.25) is 0 Å². The molecule has 7 heteroatoms. The van der Waals surface area contributed by atoms with Crippen LogP contribution in [0.15, 0.2) is 29.1 Å². The smallest absolute Gasteiger partial charge is 0.213 e. The van der Waals surface area contributed by atoms with Crippen molar-refractivity contribution in [2.45, 2.75) is 18.8 Å². The minimum absolute atomic E-state index is 0.303. The highest BCUT2D eigenvalue weighted by Gasteiger charge is 2.16. The van der Waals surface area contributed by atoms with Gasteiger partial charge in [-0.1, -0.05) is 5.16 Å². The minimum Gasteiger partial charge on any atom is -0.343 e. The minimum atomic E-state index is -0.324. The van der Waals surface area contributed by atoms with Crippen LogP contribution in [0.3, 0.4) is 0 Å². The average molecular weight is 281 g/mol. The van der Waals surface area contributed by atoms with Crippen molar-refractivity contribution in [3.05, 3.63) is 42.1 Å². The summed E-state index contributed by atoms with van der Waals surface area (Å²) >= 11 is 6.12. The molecule has 19 heavy (non-hydrogen) atoms. The second-order valence-corrected chi connectivity index (χ2v) is 4.81. The Morgan fingerprint density at radius 2 is 2.32 bits per heavy atom. The number of aromatic nitrogens is 4. The molecule has 0 aliphatic rings. The number of benzene rings is 1. The zero-order valence-corrected chi connectivity index (χ0v) is 10.8. The quantitative estimate of drug-likeness (QED) is 0.692. The fraction of sp³-hybridized carbons (Fsp3) is 0.250. The lowest BCUT2D eigenvalue weighted by atomic mass is 10.3. The van der Waals surface area contributed by atoms with Crippen molar-refractivity contribution in [2.75, 3.05) is 0 Å². The fourth-order valence-electron chi connectivity index (χ4n) is 1.99. The van der Waals surface area contributed by atoms with Gasteiger partial charge in [0.1, 0.15) is 11.6 Å². The average Bonchev–Trinajstić information content (AvgIpc) is 2.98. The molecule has 2 aromatic heterocycles. The summed E-state index contributed by atoms with van der Waals surface area (Å²) in [6, 6.07) is 4.42. The van der Waals surface area contributed by atoms with E-state index in [0.29, 0.717) is 29.2 Å². The van der Waals surface area contributed by atoms with E-state index in [-0.39, 0.29) is 11.2 Å². The molecule has 0 bridgehead atoms. The number of rotatable bonds is 3. The summed E-state index contributed by atoms with van der Waals surface area (Å²) in [7, 11) is 0. The number of nitrogens with zero attached hydrogens (tertiary/aromatic N) is 4. The summed E-state index contributed by atoms with van der Waals surface area (Å²) in [4.78, 5) is 8.37. The van der Waals surface area contributed by atoms with Crippen LogP contribution in [0.4, 0.5) is 4.39 Å². The summed E-state index contributed by atoms with van der Waals surface area (Å²) in [5.74, 6) is 0.810. The first-order valence-corrected chi connectivity index (χ1v) is 6.14. The number of halogens is 2. The first-order chi connectivity index (χ1) is 9.15. The molecule has 0 aliphatic carbocycles. The number of hydrogen-bond acceptors (Lipinski definition) is 4. The Hall–Kier alpha value is -1.95. The molecule has 0 saturated carbocycles. The zero-order chi connectivity index (χ0) is 13.4. The molecule has 0 spiro atoms. The van der Waals surface area contributed by atoms with Crippen molar-refractivity contribution in [2.24, 2.45) is 0 Å². The number of alkyl halides is 1. The lowest BCUT2D eigenvalue weighted by Crippen LogP contribution is -2.07. The van der Waals surface area contributed by atoms with Gasteiger partial charge in [0.25, 0.3) is 0 Å². The van der Waals surface area contributed by atoms with E-state index in [1.807, 2.05) is 6.92 Å². The van der Waals surface area contributed by atoms with Crippen LogP contribution in [0.25, 0.3) is 11.0 Å². The van der Waals surface area contributed by atoms with Crippen molar-refractivity contribution in [1.29, 1.82) is 0 Å². The third-order valence-corrected chi connectivity index (χ3v) is 3.00. The van der Waals surface area contributed by atoms with Gasteiger partial charge in [0.05, 0.1) is 23.0 Å². The lowest BCUT2D eigenvalue weighted by molar-refractivity contribution is 0.408. The Morgan fingerprint density at radius 1 is 1.47 bits per heavy atom. The molecular formula is C12H10ClFN4O. The van der Waals surface area contributed by atoms with Crippen LogP contribution >= 0.6 is 11.6 Å². The molecule has 0 amide bonds. The Morgan fingerprint density at radius 3 is 3.00 bits per heavy atom. The van der Waals surface area contributed by atoms with Gasteiger partial charge >= 0.3 is 0 Å². The first-order valence-electron chi connectivity index (χ1n) is 5.70. The monoisotopic (exact) mass is 280 g/mol. The molecule has 3 rings (SSSR count). The lowest BCUT2D eigenvalue weighted by Gasteiger charge is -2.07. The van der Waals surface area contributed by atoms with Gasteiger partial charge in [0.2, 0.25) is 6.39 Å². The SMILES string of the molecule is CC(Cl)c1nc2ccc(F)cc2n1Cc1ncon1. The van der Waals surface area contributed by atoms with Gasteiger partial charge in [0.15, 0.2) is 5.82 Å². The van der Waals surface area contributed by atoms with Crippen molar-refractivity contribution in [3.8, 4) is 0 Å². The zero-order valence-electron chi connectivity index (χ0n) is 10.0. The van der Waals surface area contributed by atoms with Crippen LogP contribution in [0.1, 0.15) is 23.9 Å². The molecule has 1 aromatic carbocycles. The van der Waals surface area contributed by atoms with Gasteiger partial charge < -0.3 is 9.09 Å². The van der Waals surface area contributed by atoms with Crippen molar-refractivity contribution < 1.29 is 8.91 Å². The maximum absolute atomic E-state index is 13.4. The molecule has 2 heterocycles. The summed E-state index contributed by atoms with van der Waals surface area (Å²) in [6.07, 6.45) is 1.25. The molecule has 1 atom stereocenters. The highest BCUT2D eigenvalue weighted by molar-refractivity contribution is 6.20. The van der Waals surface area contributed by atoms with Gasteiger partial charge in [0, 0.05) is 0 Å². The summed E-state index contributed by atoms with van der Waals surface area (Å²) in [5, 5.41) is 3.45. The van der Waals surface area contributed by atoms with Crippen LogP contribution in [-0.4, -0.2) is 19.7 Å². The topological polar surface area (TPSA) is 56.7 Å². The summed E-state index contributed by atoms with van der Waals surface area (Å²) in [5.41, 5.74) is 1.35. The Labute approximate surface area is 113 Å². The van der Waals surface area contributed by atoms with Gasteiger partial charge in [-0.2, -0.15) is 4.98 Å².